The van der Waals surface area contributed by atoms with Gasteiger partial charge in [0, 0.05) is 42.9 Å². The summed E-state index contributed by atoms with van der Waals surface area (Å²) in [6.07, 6.45) is 7.22. The number of nitrogens with one attached hydrogen (secondary N) is 3. The highest BCUT2D eigenvalue weighted by atomic mass is 32.2. The fourth-order valence-electron chi connectivity index (χ4n) is 3.82. The highest BCUT2D eigenvalue weighted by molar-refractivity contribution is 7.89. The standard InChI is InChI=1S/C24H25N7O2S/c1-17-22-14-18(3-9-23(22)30-29-17)2-4-20-15-27-24(16-26-20)28-19-5-7-21(8-6-19)34(32,33)31-12-10-25-11-13-31/h2-9,14-16,25H,10-13H2,1H3,(H,27,28)(H,29,30)/b4-2+. The van der Waals surface area contributed by atoms with E-state index in [0.717, 1.165) is 33.5 Å². The third kappa shape index (κ3) is 4.69. The summed E-state index contributed by atoms with van der Waals surface area (Å²) in [5.41, 5.74) is 4.50. The second-order valence-corrected chi connectivity index (χ2v) is 10.0. The van der Waals surface area contributed by atoms with Gasteiger partial charge >= 0.3 is 0 Å². The van der Waals surface area contributed by atoms with Crippen molar-refractivity contribution in [1.82, 2.24) is 29.8 Å². The van der Waals surface area contributed by atoms with Crippen molar-refractivity contribution in [1.29, 1.82) is 0 Å². The van der Waals surface area contributed by atoms with E-state index >= 15 is 0 Å². The van der Waals surface area contributed by atoms with Crippen LogP contribution in [-0.2, 0) is 10.0 Å². The number of hydrogen-bond donors (Lipinski definition) is 3. The Kier molecular flexibility index (Phi) is 6.10. The molecule has 0 aliphatic carbocycles. The quantitative estimate of drug-likeness (QED) is 0.392. The average Bonchev–Trinajstić information content (AvgIpc) is 3.24. The number of benzene rings is 2. The number of fused-ring (bicyclic) bond motifs is 1. The van der Waals surface area contributed by atoms with Crippen LogP contribution in [0, 0.1) is 6.92 Å². The van der Waals surface area contributed by atoms with Crippen molar-refractivity contribution < 1.29 is 8.42 Å². The first kappa shape index (κ1) is 22.2. The average molecular weight is 476 g/mol. The lowest BCUT2D eigenvalue weighted by molar-refractivity contribution is 0.360. The molecular formula is C24H25N7O2S. The Labute approximate surface area is 198 Å². The van der Waals surface area contributed by atoms with Crippen LogP contribution in [0.4, 0.5) is 11.5 Å². The molecule has 9 nitrogen and oxygen atoms in total. The molecule has 1 fully saturated rings. The summed E-state index contributed by atoms with van der Waals surface area (Å²) in [5, 5.41) is 14.7. The van der Waals surface area contributed by atoms with Crippen molar-refractivity contribution in [3.63, 3.8) is 0 Å². The Morgan fingerprint density at radius 3 is 2.53 bits per heavy atom. The zero-order valence-electron chi connectivity index (χ0n) is 18.7. The Bertz CT molecular complexity index is 1420. The minimum absolute atomic E-state index is 0.287. The lowest BCUT2D eigenvalue weighted by Crippen LogP contribution is -2.46. The molecule has 1 aliphatic rings. The first-order valence-corrected chi connectivity index (χ1v) is 12.5. The van der Waals surface area contributed by atoms with Crippen molar-refractivity contribution in [2.45, 2.75) is 11.8 Å². The van der Waals surface area contributed by atoms with Crippen molar-refractivity contribution in [3.8, 4) is 0 Å². The molecule has 2 aromatic heterocycles. The van der Waals surface area contributed by atoms with E-state index in [1.807, 2.05) is 31.2 Å². The van der Waals surface area contributed by atoms with Gasteiger partial charge < -0.3 is 10.6 Å². The van der Waals surface area contributed by atoms with Crippen LogP contribution in [0.5, 0.6) is 0 Å². The third-order valence-electron chi connectivity index (χ3n) is 5.73. The number of sulfonamides is 1. The molecule has 3 heterocycles. The highest BCUT2D eigenvalue weighted by Gasteiger charge is 2.25. The van der Waals surface area contributed by atoms with Gasteiger partial charge in [-0.15, -0.1) is 0 Å². The minimum atomic E-state index is -3.47. The molecule has 4 aromatic rings. The molecule has 0 atom stereocenters. The molecule has 0 unspecified atom stereocenters. The maximum absolute atomic E-state index is 12.8. The van der Waals surface area contributed by atoms with E-state index in [4.69, 9.17) is 0 Å². The molecule has 0 saturated carbocycles. The summed E-state index contributed by atoms with van der Waals surface area (Å²) in [6.45, 7) is 4.30. The molecule has 1 saturated heterocycles. The topological polar surface area (TPSA) is 116 Å². The summed E-state index contributed by atoms with van der Waals surface area (Å²) in [4.78, 5) is 9.14. The second-order valence-electron chi connectivity index (χ2n) is 8.09. The summed E-state index contributed by atoms with van der Waals surface area (Å²) in [7, 11) is -3.47. The first-order chi connectivity index (χ1) is 16.5. The summed E-state index contributed by atoms with van der Waals surface area (Å²) in [6, 6.07) is 12.8. The van der Waals surface area contributed by atoms with Gasteiger partial charge in [0.05, 0.1) is 28.5 Å². The van der Waals surface area contributed by atoms with E-state index < -0.39 is 10.0 Å². The first-order valence-electron chi connectivity index (χ1n) is 11.0. The van der Waals surface area contributed by atoms with Crippen molar-refractivity contribution in [2.75, 3.05) is 31.5 Å². The van der Waals surface area contributed by atoms with Crippen LogP contribution in [0.2, 0.25) is 0 Å². The van der Waals surface area contributed by atoms with E-state index in [9.17, 15) is 8.42 Å². The Morgan fingerprint density at radius 2 is 1.79 bits per heavy atom. The molecule has 10 heteroatoms. The van der Waals surface area contributed by atoms with Crippen LogP contribution in [0.3, 0.4) is 0 Å². The zero-order chi connectivity index (χ0) is 23.5. The lowest BCUT2D eigenvalue weighted by atomic mass is 10.1. The minimum Gasteiger partial charge on any atom is -0.339 e. The molecule has 34 heavy (non-hydrogen) atoms. The Morgan fingerprint density at radius 1 is 1.00 bits per heavy atom. The van der Waals surface area contributed by atoms with Gasteiger partial charge in [-0.2, -0.15) is 9.40 Å². The van der Waals surface area contributed by atoms with E-state index in [-0.39, 0.29) is 4.90 Å². The molecule has 3 N–H and O–H groups in total. The van der Waals surface area contributed by atoms with E-state index in [1.54, 1.807) is 36.7 Å². The van der Waals surface area contributed by atoms with Crippen LogP contribution in [0.25, 0.3) is 23.1 Å². The van der Waals surface area contributed by atoms with Gasteiger partial charge in [-0.1, -0.05) is 12.1 Å². The van der Waals surface area contributed by atoms with E-state index in [0.29, 0.717) is 32.0 Å². The normalized spacial score (nSPS) is 15.2. The van der Waals surface area contributed by atoms with Gasteiger partial charge in [0.2, 0.25) is 10.0 Å². The van der Waals surface area contributed by atoms with Crippen LogP contribution in [-0.4, -0.2) is 59.1 Å². The van der Waals surface area contributed by atoms with Gasteiger partial charge in [0.1, 0.15) is 5.82 Å². The number of hydrogen-bond acceptors (Lipinski definition) is 7. The van der Waals surface area contributed by atoms with Crippen molar-refractivity contribution in [3.05, 3.63) is 71.8 Å². The number of piperazine rings is 1. The maximum Gasteiger partial charge on any atom is 0.243 e. The number of nitrogens with zero attached hydrogens (tertiary/aromatic N) is 4. The fourth-order valence-corrected chi connectivity index (χ4v) is 5.26. The third-order valence-corrected chi connectivity index (χ3v) is 7.64. The monoisotopic (exact) mass is 475 g/mol. The number of aromatic nitrogens is 4. The number of rotatable bonds is 6. The Balaban J connectivity index is 1.24. The van der Waals surface area contributed by atoms with Crippen LogP contribution in [0.15, 0.2) is 59.8 Å². The van der Waals surface area contributed by atoms with Crippen molar-refractivity contribution >= 4 is 44.6 Å². The van der Waals surface area contributed by atoms with Crippen LogP contribution in [0.1, 0.15) is 17.0 Å². The highest BCUT2D eigenvalue weighted by Crippen LogP contribution is 2.21. The lowest BCUT2D eigenvalue weighted by Gasteiger charge is -2.26. The predicted octanol–water partition coefficient (Wildman–Crippen LogP) is 3.17. The molecular weight excluding hydrogens is 450 g/mol. The van der Waals surface area contributed by atoms with Gasteiger partial charge in [-0.05, 0) is 55.0 Å². The number of anilines is 2. The summed E-state index contributed by atoms with van der Waals surface area (Å²) in [5.74, 6) is 0.574. The number of aromatic amines is 1. The Hall–Kier alpha value is -3.60. The maximum atomic E-state index is 12.8. The van der Waals surface area contributed by atoms with Crippen molar-refractivity contribution in [2.24, 2.45) is 0 Å². The number of aryl methyl sites for hydroxylation is 1. The molecule has 5 rings (SSSR count). The second kappa shape index (κ2) is 9.34. The van der Waals surface area contributed by atoms with Gasteiger partial charge in [0.25, 0.3) is 0 Å². The van der Waals surface area contributed by atoms with Gasteiger partial charge in [-0.3, -0.25) is 10.1 Å². The van der Waals surface area contributed by atoms with Crippen LogP contribution < -0.4 is 10.6 Å². The molecule has 0 spiro atoms. The molecule has 0 radical (unpaired) electrons. The van der Waals surface area contributed by atoms with Gasteiger partial charge in [0.15, 0.2) is 0 Å². The van der Waals surface area contributed by atoms with Gasteiger partial charge in [-0.25, -0.2) is 13.4 Å². The van der Waals surface area contributed by atoms with E-state index in [1.165, 1.54) is 4.31 Å². The largest absolute Gasteiger partial charge is 0.339 e. The zero-order valence-corrected chi connectivity index (χ0v) is 19.5. The van der Waals surface area contributed by atoms with E-state index in [2.05, 4.69) is 36.9 Å². The smallest absolute Gasteiger partial charge is 0.243 e. The summed E-state index contributed by atoms with van der Waals surface area (Å²) < 4.78 is 27.1. The molecule has 2 aromatic carbocycles. The SMILES string of the molecule is Cc1[nH]nc2ccc(/C=C/c3cnc(Nc4ccc(S(=O)(=O)N5CCNCC5)cc4)cn3)cc12. The molecule has 0 bridgehead atoms. The number of H-pyrrole nitrogens is 1. The molecule has 0 amide bonds. The summed E-state index contributed by atoms with van der Waals surface area (Å²) >= 11 is 0. The fraction of sp³-hybridized carbons (Fsp3) is 0.208. The predicted molar refractivity (Wildman–Crippen MR) is 133 cm³/mol. The van der Waals surface area contributed by atoms with Crippen LogP contribution >= 0.6 is 0 Å². The molecule has 1 aliphatic heterocycles. The molecule has 174 valence electrons.